The van der Waals surface area contributed by atoms with Gasteiger partial charge in [0, 0.05) is 5.41 Å². The van der Waals surface area contributed by atoms with Crippen LogP contribution in [-0.2, 0) is 5.41 Å². The maximum Gasteiger partial charge on any atom is 0.254 e. The molecule has 0 saturated heterocycles. The van der Waals surface area contributed by atoms with E-state index in [1.165, 1.54) is 0 Å². The SMILES string of the molecule is CC(C)(C)c1cnc(C(N)=S)o1. The Hall–Kier alpha value is -0.900. The molecular weight excluding hydrogens is 172 g/mol. The van der Waals surface area contributed by atoms with Gasteiger partial charge in [-0.25, -0.2) is 4.98 Å². The van der Waals surface area contributed by atoms with Crippen molar-refractivity contribution in [2.45, 2.75) is 26.2 Å². The summed E-state index contributed by atoms with van der Waals surface area (Å²) in [6.07, 6.45) is 1.66. The van der Waals surface area contributed by atoms with Crippen molar-refractivity contribution in [3.05, 3.63) is 17.8 Å². The zero-order chi connectivity index (χ0) is 9.35. The quantitative estimate of drug-likeness (QED) is 0.674. The van der Waals surface area contributed by atoms with E-state index in [2.05, 4.69) is 4.98 Å². The average molecular weight is 184 g/mol. The lowest BCUT2D eigenvalue weighted by Crippen LogP contribution is -2.11. The molecular formula is C8H12N2OS. The van der Waals surface area contributed by atoms with Gasteiger partial charge in [0.15, 0.2) is 4.99 Å². The standard InChI is InChI=1S/C8H12N2OS/c1-8(2,3)5-4-10-7(11-5)6(9)12/h4H,1-3H3,(H2,9,12). The molecule has 1 aromatic heterocycles. The molecule has 0 bridgehead atoms. The van der Waals surface area contributed by atoms with E-state index in [1.54, 1.807) is 6.20 Å². The van der Waals surface area contributed by atoms with Gasteiger partial charge >= 0.3 is 0 Å². The van der Waals surface area contributed by atoms with Crippen molar-refractivity contribution < 1.29 is 4.42 Å². The number of thiocarbonyl (C=S) groups is 1. The molecule has 1 aromatic rings. The smallest absolute Gasteiger partial charge is 0.254 e. The Kier molecular flexibility index (Phi) is 2.19. The Morgan fingerprint density at radius 1 is 1.58 bits per heavy atom. The van der Waals surface area contributed by atoms with Crippen molar-refractivity contribution in [3.63, 3.8) is 0 Å². The lowest BCUT2D eigenvalue weighted by atomic mass is 9.94. The van der Waals surface area contributed by atoms with Crippen molar-refractivity contribution in [1.82, 2.24) is 4.98 Å². The van der Waals surface area contributed by atoms with Crippen LogP contribution in [0.15, 0.2) is 10.6 Å². The number of aromatic nitrogens is 1. The molecule has 4 heteroatoms. The van der Waals surface area contributed by atoms with E-state index in [4.69, 9.17) is 22.4 Å². The van der Waals surface area contributed by atoms with Gasteiger partial charge < -0.3 is 10.2 Å². The van der Waals surface area contributed by atoms with Crippen molar-refractivity contribution in [2.24, 2.45) is 5.73 Å². The predicted octanol–water partition coefficient (Wildman–Crippen LogP) is 1.61. The Balaban J connectivity index is 3.00. The lowest BCUT2D eigenvalue weighted by molar-refractivity contribution is 0.404. The number of oxazole rings is 1. The molecule has 0 aromatic carbocycles. The minimum Gasteiger partial charge on any atom is -0.439 e. The molecule has 12 heavy (non-hydrogen) atoms. The maximum absolute atomic E-state index is 5.35. The summed E-state index contributed by atoms with van der Waals surface area (Å²) >= 11 is 4.72. The molecule has 0 atom stereocenters. The second kappa shape index (κ2) is 2.86. The third kappa shape index (κ3) is 1.82. The van der Waals surface area contributed by atoms with Gasteiger partial charge in [0.05, 0.1) is 6.20 Å². The van der Waals surface area contributed by atoms with Gasteiger partial charge in [-0.15, -0.1) is 0 Å². The van der Waals surface area contributed by atoms with Crippen LogP contribution in [0, 0.1) is 0 Å². The summed E-state index contributed by atoms with van der Waals surface area (Å²) in [6.45, 7) is 6.12. The summed E-state index contributed by atoms with van der Waals surface area (Å²) in [4.78, 5) is 4.15. The van der Waals surface area contributed by atoms with Gasteiger partial charge in [0.1, 0.15) is 5.76 Å². The minimum atomic E-state index is -0.0456. The largest absolute Gasteiger partial charge is 0.439 e. The Morgan fingerprint density at radius 3 is 2.42 bits per heavy atom. The van der Waals surface area contributed by atoms with Crippen LogP contribution in [0.2, 0.25) is 0 Å². The number of hydrogen-bond acceptors (Lipinski definition) is 3. The van der Waals surface area contributed by atoms with Crippen LogP contribution in [0.25, 0.3) is 0 Å². The Bertz CT molecular complexity index is 298. The number of nitrogens with zero attached hydrogens (tertiary/aromatic N) is 1. The van der Waals surface area contributed by atoms with E-state index < -0.39 is 0 Å². The van der Waals surface area contributed by atoms with Crippen molar-refractivity contribution in [3.8, 4) is 0 Å². The summed E-state index contributed by atoms with van der Waals surface area (Å²) in [6, 6.07) is 0. The third-order valence-corrected chi connectivity index (χ3v) is 1.63. The number of rotatable bonds is 1. The van der Waals surface area contributed by atoms with E-state index in [0.717, 1.165) is 5.76 Å². The summed E-state index contributed by atoms with van der Waals surface area (Å²) in [7, 11) is 0. The molecule has 0 spiro atoms. The highest BCUT2D eigenvalue weighted by atomic mass is 32.1. The summed E-state index contributed by atoms with van der Waals surface area (Å²) < 4.78 is 5.33. The minimum absolute atomic E-state index is 0.0456. The summed E-state index contributed by atoms with van der Waals surface area (Å²) in [5.41, 5.74) is 5.30. The molecule has 1 heterocycles. The molecule has 0 amide bonds. The second-order valence-corrected chi connectivity index (χ2v) is 4.08. The van der Waals surface area contributed by atoms with E-state index in [-0.39, 0.29) is 10.4 Å². The van der Waals surface area contributed by atoms with Gasteiger partial charge in [-0.1, -0.05) is 33.0 Å². The fourth-order valence-corrected chi connectivity index (χ4v) is 0.829. The highest BCUT2D eigenvalue weighted by Crippen LogP contribution is 2.22. The van der Waals surface area contributed by atoms with Gasteiger partial charge in [0.25, 0.3) is 5.89 Å². The van der Waals surface area contributed by atoms with Crippen LogP contribution in [0.5, 0.6) is 0 Å². The maximum atomic E-state index is 5.35. The van der Waals surface area contributed by atoms with E-state index >= 15 is 0 Å². The van der Waals surface area contributed by atoms with Gasteiger partial charge in [-0.05, 0) is 0 Å². The molecule has 0 unspecified atom stereocenters. The summed E-state index contributed by atoms with van der Waals surface area (Å²) in [5, 5.41) is 0. The number of nitrogens with two attached hydrogens (primary N) is 1. The third-order valence-electron chi connectivity index (χ3n) is 1.46. The Morgan fingerprint density at radius 2 is 2.17 bits per heavy atom. The fraction of sp³-hybridized carbons (Fsp3) is 0.500. The van der Waals surface area contributed by atoms with Crippen LogP contribution in [0.1, 0.15) is 32.4 Å². The second-order valence-electron chi connectivity index (χ2n) is 3.64. The molecule has 66 valence electrons. The van der Waals surface area contributed by atoms with E-state index in [1.807, 2.05) is 20.8 Å². The highest BCUT2D eigenvalue weighted by molar-refractivity contribution is 7.80. The first-order valence-electron chi connectivity index (χ1n) is 3.67. The zero-order valence-corrected chi connectivity index (χ0v) is 8.23. The number of hydrogen-bond donors (Lipinski definition) is 1. The molecule has 0 aliphatic carbocycles. The molecule has 0 aliphatic heterocycles. The van der Waals surface area contributed by atoms with Crippen LogP contribution in [-0.4, -0.2) is 9.97 Å². The Labute approximate surface area is 77.0 Å². The summed E-state index contributed by atoms with van der Waals surface area (Å²) in [5.74, 6) is 1.14. The van der Waals surface area contributed by atoms with E-state index in [9.17, 15) is 0 Å². The molecule has 0 radical (unpaired) electrons. The molecule has 3 nitrogen and oxygen atoms in total. The van der Waals surface area contributed by atoms with Crippen LogP contribution >= 0.6 is 12.2 Å². The highest BCUT2D eigenvalue weighted by Gasteiger charge is 2.19. The van der Waals surface area contributed by atoms with Crippen LogP contribution in [0.4, 0.5) is 0 Å². The molecule has 0 saturated carbocycles. The van der Waals surface area contributed by atoms with Crippen molar-refractivity contribution >= 4 is 17.2 Å². The molecule has 0 fully saturated rings. The zero-order valence-electron chi connectivity index (χ0n) is 7.42. The van der Waals surface area contributed by atoms with Crippen LogP contribution < -0.4 is 5.73 Å². The average Bonchev–Trinajstić information content (AvgIpc) is 2.30. The predicted molar refractivity (Wildman–Crippen MR) is 51.1 cm³/mol. The van der Waals surface area contributed by atoms with Crippen molar-refractivity contribution in [2.75, 3.05) is 0 Å². The van der Waals surface area contributed by atoms with Gasteiger partial charge in [0.2, 0.25) is 0 Å². The topological polar surface area (TPSA) is 52.0 Å². The first-order valence-corrected chi connectivity index (χ1v) is 4.08. The van der Waals surface area contributed by atoms with E-state index in [0.29, 0.717) is 5.89 Å². The van der Waals surface area contributed by atoms with Crippen LogP contribution in [0.3, 0.4) is 0 Å². The normalized spacial score (nSPS) is 11.6. The lowest BCUT2D eigenvalue weighted by Gasteiger charge is -2.12. The molecule has 2 N–H and O–H groups in total. The first kappa shape index (κ1) is 9.19. The monoisotopic (exact) mass is 184 g/mol. The molecule has 1 rings (SSSR count). The molecule has 0 aliphatic rings. The fourth-order valence-electron chi connectivity index (χ4n) is 0.735. The van der Waals surface area contributed by atoms with Crippen molar-refractivity contribution in [1.29, 1.82) is 0 Å². The van der Waals surface area contributed by atoms with Gasteiger partial charge in [-0.2, -0.15) is 0 Å². The van der Waals surface area contributed by atoms with Gasteiger partial charge in [-0.3, -0.25) is 0 Å². The first-order chi connectivity index (χ1) is 5.41.